The minimum atomic E-state index is 0.0471. The second kappa shape index (κ2) is 6.63. The van der Waals surface area contributed by atoms with Gasteiger partial charge in [-0.3, -0.25) is 0 Å². The van der Waals surface area contributed by atoms with Crippen molar-refractivity contribution < 1.29 is 4.74 Å². The standard InChI is InChI=1S/C21H16N2O/c1-3-9-16(10-4-1)20-21(24-20)18-13-7-8-14-19(18)23-15-22-17-11-5-2-6-12-17/h1-14,20-21H/t20-,21-/m1/s1. The monoisotopic (exact) mass is 312 g/mol. The third-order valence-electron chi connectivity index (χ3n) is 3.97. The van der Waals surface area contributed by atoms with Gasteiger partial charge in [0, 0.05) is 5.56 Å². The van der Waals surface area contributed by atoms with Crippen LogP contribution in [0.5, 0.6) is 0 Å². The molecular formula is C21H16N2O. The topological polar surface area (TPSA) is 37.2 Å². The highest BCUT2D eigenvalue weighted by molar-refractivity contribution is 5.60. The average Bonchev–Trinajstić information content (AvgIpc) is 3.44. The van der Waals surface area contributed by atoms with Crippen LogP contribution in [-0.4, -0.2) is 6.01 Å². The maximum Gasteiger partial charge on any atom is 0.116 e. The summed E-state index contributed by atoms with van der Waals surface area (Å²) in [5, 5.41) is 0. The summed E-state index contributed by atoms with van der Waals surface area (Å²) in [6.07, 6.45) is 0.152. The Morgan fingerprint density at radius 3 is 2.12 bits per heavy atom. The van der Waals surface area contributed by atoms with Gasteiger partial charge in [-0.1, -0.05) is 66.7 Å². The smallest absolute Gasteiger partial charge is 0.116 e. The molecule has 0 spiro atoms. The highest BCUT2D eigenvalue weighted by atomic mass is 16.6. The number of para-hydroxylation sites is 2. The molecule has 24 heavy (non-hydrogen) atoms. The molecule has 0 N–H and O–H groups in total. The van der Waals surface area contributed by atoms with Gasteiger partial charge in [0.2, 0.25) is 0 Å². The molecule has 3 aromatic rings. The van der Waals surface area contributed by atoms with Crippen molar-refractivity contribution in [2.24, 2.45) is 9.98 Å². The van der Waals surface area contributed by atoms with Gasteiger partial charge in [-0.25, -0.2) is 0 Å². The first-order valence-corrected chi connectivity index (χ1v) is 7.93. The molecule has 0 bridgehead atoms. The number of hydrogen-bond acceptors (Lipinski definition) is 3. The molecule has 0 saturated carbocycles. The normalized spacial score (nSPS) is 18.5. The summed E-state index contributed by atoms with van der Waals surface area (Å²) in [5.74, 6) is 0. The van der Waals surface area contributed by atoms with E-state index in [4.69, 9.17) is 4.74 Å². The van der Waals surface area contributed by atoms with Gasteiger partial charge in [0.1, 0.15) is 18.2 Å². The van der Waals surface area contributed by atoms with E-state index >= 15 is 0 Å². The lowest BCUT2D eigenvalue weighted by Gasteiger charge is -2.00. The Hall–Kier alpha value is -3.00. The predicted molar refractivity (Wildman–Crippen MR) is 95.1 cm³/mol. The van der Waals surface area contributed by atoms with Crippen molar-refractivity contribution in [1.82, 2.24) is 0 Å². The number of rotatable bonds is 4. The van der Waals surface area contributed by atoms with Crippen LogP contribution in [0.3, 0.4) is 0 Å². The lowest BCUT2D eigenvalue weighted by Crippen LogP contribution is -1.85. The van der Waals surface area contributed by atoms with Gasteiger partial charge in [-0.15, -0.1) is 0 Å². The van der Waals surface area contributed by atoms with Crippen LogP contribution in [-0.2, 0) is 4.74 Å². The molecule has 0 aliphatic carbocycles. The molecule has 4 rings (SSSR count). The quantitative estimate of drug-likeness (QED) is 0.454. The maximum atomic E-state index is 5.88. The van der Waals surface area contributed by atoms with Crippen molar-refractivity contribution in [1.29, 1.82) is 0 Å². The molecule has 1 heterocycles. The zero-order valence-corrected chi connectivity index (χ0v) is 13.0. The Kier molecular flexibility index (Phi) is 4.03. The van der Waals surface area contributed by atoms with Gasteiger partial charge in [0.25, 0.3) is 0 Å². The van der Waals surface area contributed by atoms with E-state index in [1.165, 1.54) is 5.56 Å². The highest BCUT2D eigenvalue weighted by Gasteiger charge is 2.42. The van der Waals surface area contributed by atoms with Gasteiger partial charge >= 0.3 is 0 Å². The summed E-state index contributed by atoms with van der Waals surface area (Å²) in [5.41, 5.74) is 3.95. The van der Waals surface area contributed by atoms with Crippen LogP contribution >= 0.6 is 0 Å². The van der Waals surface area contributed by atoms with Gasteiger partial charge < -0.3 is 4.74 Å². The van der Waals surface area contributed by atoms with E-state index in [9.17, 15) is 0 Å². The van der Waals surface area contributed by atoms with Crippen molar-refractivity contribution in [2.45, 2.75) is 12.2 Å². The molecule has 1 aliphatic heterocycles. The molecule has 1 fully saturated rings. The van der Waals surface area contributed by atoms with Crippen molar-refractivity contribution >= 4 is 17.4 Å². The second-order valence-corrected chi connectivity index (χ2v) is 5.61. The van der Waals surface area contributed by atoms with E-state index in [0.717, 1.165) is 16.9 Å². The van der Waals surface area contributed by atoms with Gasteiger partial charge in [-0.2, -0.15) is 9.98 Å². The van der Waals surface area contributed by atoms with E-state index in [1.54, 1.807) is 0 Å². The van der Waals surface area contributed by atoms with E-state index in [2.05, 4.69) is 34.2 Å². The first-order valence-electron chi connectivity index (χ1n) is 7.93. The Morgan fingerprint density at radius 2 is 1.33 bits per heavy atom. The lowest BCUT2D eigenvalue weighted by molar-refractivity contribution is 0.378. The fraction of sp³-hybridized carbons (Fsp3) is 0.0952. The average molecular weight is 312 g/mol. The number of ether oxygens (including phenoxy) is 1. The summed E-state index contributed by atoms with van der Waals surface area (Å²) >= 11 is 0. The van der Waals surface area contributed by atoms with Crippen molar-refractivity contribution in [3.63, 3.8) is 0 Å². The van der Waals surface area contributed by atoms with E-state index in [0.29, 0.717) is 0 Å². The van der Waals surface area contributed by atoms with Crippen molar-refractivity contribution in [3.8, 4) is 0 Å². The molecule has 1 aliphatic rings. The van der Waals surface area contributed by atoms with Gasteiger partial charge in [-0.05, 0) is 23.8 Å². The molecule has 3 heteroatoms. The molecule has 0 radical (unpaired) electrons. The Morgan fingerprint density at radius 1 is 0.667 bits per heavy atom. The van der Waals surface area contributed by atoms with Crippen LogP contribution in [0.25, 0.3) is 0 Å². The summed E-state index contributed by atoms with van der Waals surface area (Å²) < 4.78 is 5.88. The summed E-state index contributed by atoms with van der Waals surface area (Å²) in [7, 11) is 0. The first kappa shape index (κ1) is 14.6. The molecule has 116 valence electrons. The summed E-state index contributed by atoms with van der Waals surface area (Å²) in [6.45, 7) is 0. The molecular weight excluding hydrogens is 296 g/mol. The Bertz CT molecular complexity index is 884. The second-order valence-electron chi connectivity index (χ2n) is 5.61. The Balaban J connectivity index is 1.57. The Labute approximate surface area is 141 Å². The lowest BCUT2D eigenvalue weighted by atomic mass is 10.0. The number of aliphatic imine (C=N–C) groups is 2. The highest BCUT2D eigenvalue weighted by Crippen LogP contribution is 2.53. The molecule has 3 aromatic carbocycles. The largest absolute Gasteiger partial charge is 0.359 e. The van der Waals surface area contributed by atoms with Gasteiger partial charge in [0.05, 0.1) is 11.4 Å². The zero-order chi connectivity index (χ0) is 16.2. The first-order chi connectivity index (χ1) is 11.9. The van der Waals surface area contributed by atoms with Crippen molar-refractivity contribution in [2.75, 3.05) is 0 Å². The van der Waals surface area contributed by atoms with Crippen molar-refractivity contribution in [3.05, 3.63) is 96.1 Å². The summed E-state index contributed by atoms with van der Waals surface area (Å²) in [4.78, 5) is 8.64. The van der Waals surface area contributed by atoms with Gasteiger partial charge in [0.15, 0.2) is 0 Å². The zero-order valence-electron chi connectivity index (χ0n) is 13.0. The fourth-order valence-corrected chi connectivity index (χ4v) is 2.71. The third-order valence-corrected chi connectivity index (χ3v) is 3.97. The summed E-state index contributed by atoms with van der Waals surface area (Å²) in [6, 6.07) is 30.7. The number of hydrogen-bond donors (Lipinski definition) is 0. The predicted octanol–water partition coefficient (Wildman–Crippen LogP) is 5.64. The molecule has 0 amide bonds. The van der Waals surface area contributed by atoms with Crippen LogP contribution in [0, 0.1) is 0 Å². The van der Waals surface area contributed by atoms with E-state index in [1.807, 2.05) is 66.7 Å². The fourth-order valence-electron chi connectivity index (χ4n) is 2.71. The minimum absolute atomic E-state index is 0.0471. The van der Waals surface area contributed by atoms with Crippen LogP contribution in [0.15, 0.2) is 94.9 Å². The molecule has 0 aromatic heterocycles. The minimum Gasteiger partial charge on any atom is -0.359 e. The molecule has 2 atom stereocenters. The molecule has 3 nitrogen and oxygen atoms in total. The molecule has 1 saturated heterocycles. The van der Waals surface area contributed by atoms with Crippen LogP contribution < -0.4 is 0 Å². The van der Waals surface area contributed by atoms with E-state index < -0.39 is 0 Å². The van der Waals surface area contributed by atoms with Crippen LogP contribution in [0.1, 0.15) is 23.3 Å². The van der Waals surface area contributed by atoms with E-state index in [-0.39, 0.29) is 12.2 Å². The number of epoxide rings is 1. The SMILES string of the molecule is C(=Nc1ccccc1)=Nc1ccccc1[C@H]1O[C@@H]1c1ccccc1. The van der Waals surface area contributed by atoms with Crippen LogP contribution in [0.4, 0.5) is 11.4 Å². The number of benzene rings is 3. The third kappa shape index (κ3) is 3.18. The van der Waals surface area contributed by atoms with Crippen LogP contribution in [0.2, 0.25) is 0 Å². The molecule has 0 unspecified atom stereocenters. The maximum absolute atomic E-state index is 5.88. The number of nitrogens with zero attached hydrogens (tertiary/aromatic N) is 2.